The van der Waals surface area contributed by atoms with Gasteiger partial charge in [0.25, 0.3) is 5.91 Å². The second kappa shape index (κ2) is 8.77. The SMILES string of the molecule is CCC(C)Nc1ccc(C(=O)NCCc2ccc(S(N)(=O)=O)cc2)nc1. The van der Waals surface area contributed by atoms with Gasteiger partial charge in [0, 0.05) is 12.6 Å². The van der Waals surface area contributed by atoms with Crippen LogP contribution in [0.3, 0.4) is 0 Å². The Hall–Kier alpha value is -2.45. The normalized spacial score (nSPS) is 12.4. The maximum absolute atomic E-state index is 12.1. The Balaban J connectivity index is 1.85. The van der Waals surface area contributed by atoms with Gasteiger partial charge in [0.2, 0.25) is 10.0 Å². The number of primary sulfonamides is 1. The molecule has 0 saturated carbocycles. The number of rotatable bonds is 8. The summed E-state index contributed by atoms with van der Waals surface area (Å²) >= 11 is 0. The van der Waals surface area contributed by atoms with E-state index in [1.165, 1.54) is 12.1 Å². The minimum atomic E-state index is -3.69. The molecule has 0 fully saturated rings. The Morgan fingerprint density at radius 3 is 2.42 bits per heavy atom. The smallest absolute Gasteiger partial charge is 0.269 e. The molecule has 1 heterocycles. The number of pyridine rings is 1. The van der Waals surface area contributed by atoms with Crippen LogP contribution in [0, 0.1) is 0 Å². The van der Waals surface area contributed by atoms with Crippen molar-refractivity contribution in [3.8, 4) is 0 Å². The number of aromatic nitrogens is 1. The second-order valence-corrected chi connectivity index (χ2v) is 7.64. The maximum atomic E-state index is 12.1. The number of benzene rings is 1. The Kier molecular flexibility index (Phi) is 6.70. The lowest BCUT2D eigenvalue weighted by Crippen LogP contribution is -2.26. The van der Waals surface area contributed by atoms with E-state index < -0.39 is 10.0 Å². The highest BCUT2D eigenvalue weighted by Gasteiger charge is 2.09. The highest BCUT2D eigenvalue weighted by molar-refractivity contribution is 7.89. The number of carbonyl (C=O) groups is 1. The van der Waals surface area contributed by atoms with Crippen LogP contribution in [0.5, 0.6) is 0 Å². The van der Waals surface area contributed by atoms with Gasteiger partial charge in [-0.2, -0.15) is 0 Å². The Morgan fingerprint density at radius 1 is 1.19 bits per heavy atom. The van der Waals surface area contributed by atoms with Gasteiger partial charge in [-0.25, -0.2) is 18.5 Å². The van der Waals surface area contributed by atoms with Crippen LogP contribution in [0.15, 0.2) is 47.5 Å². The Morgan fingerprint density at radius 2 is 1.88 bits per heavy atom. The molecule has 0 aliphatic rings. The molecule has 1 aromatic heterocycles. The first-order valence-electron chi connectivity index (χ1n) is 8.42. The van der Waals surface area contributed by atoms with Crippen molar-refractivity contribution < 1.29 is 13.2 Å². The van der Waals surface area contributed by atoms with Crippen LogP contribution >= 0.6 is 0 Å². The van der Waals surface area contributed by atoms with Crippen LogP contribution in [0.2, 0.25) is 0 Å². The molecule has 0 radical (unpaired) electrons. The van der Waals surface area contributed by atoms with Crippen molar-refractivity contribution in [2.24, 2.45) is 5.14 Å². The van der Waals surface area contributed by atoms with Crippen molar-refractivity contribution in [1.82, 2.24) is 10.3 Å². The van der Waals surface area contributed by atoms with Crippen LogP contribution in [-0.4, -0.2) is 31.9 Å². The third kappa shape index (κ3) is 5.82. The molecular formula is C18H24N4O3S. The molecule has 0 aliphatic heterocycles. The molecule has 0 spiro atoms. The van der Waals surface area contributed by atoms with Gasteiger partial charge < -0.3 is 10.6 Å². The van der Waals surface area contributed by atoms with Crippen molar-refractivity contribution >= 4 is 21.6 Å². The fourth-order valence-corrected chi connectivity index (χ4v) is 2.77. The molecule has 140 valence electrons. The highest BCUT2D eigenvalue weighted by atomic mass is 32.2. The summed E-state index contributed by atoms with van der Waals surface area (Å²) < 4.78 is 22.4. The van der Waals surface area contributed by atoms with Gasteiger partial charge in [0.15, 0.2) is 0 Å². The molecule has 26 heavy (non-hydrogen) atoms. The molecule has 0 aliphatic carbocycles. The molecule has 7 nitrogen and oxygen atoms in total. The lowest BCUT2D eigenvalue weighted by atomic mass is 10.1. The number of sulfonamides is 1. The summed E-state index contributed by atoms with van der Waals surface area (Å²) in [7, 11) is -3.69. The van der Waals surface area contributed by atoms with Crippen molar-refractivity contribution in [2.75, 3.05) is 11.9 Å². The molecule has 1 aromatic carbocycles. The first-order chi connectivity index (χ1) is 12.3. The number of nitrogens with one attached hydrogen (secondary N) is 2. The highest BCUT2D eigenvalue weighted by Crippen LogP contribution is 2.10. The summed E-state index contributed by atoms with van der Waals surface area (Å²) in [6.45, 7) is 4.59. The molecule has 1 atom stereocenters. The second-order valence-electron chi connectivity index (χ2n) is 6.08. The van der Waals surface area contributed by atoms with Gasteiger partial charge >= 0.3 is 0 Å². The van der Waals surface area contributed by atoms with E-state index in [0.717, 1.165) is 17.7 Å². The molecular weight excluding hydrogens is 352 g/mol. The topological polar surface area (TPSA) is 114 Å². The lowest BCUT2D eigenvalue weighted by molar-refractivity contribution is 0.0949. The largest absolute Gasteiger partial charge is 0.381 e. The van der Waals surface area contributed by atoms with E-state index in [4.69, 9.17) is 5.14 Å². The Bertz CT molecular complexity index is 834. The number of amides is 1. The van der Waals surface area contributed by atoms with Gasteiger partial charge in [0.1, 0.15) is 5.69 Å². The van der Waals surface area contributed by atoms with Crippen LogP contribution < -0.4 is 15.8 Å². The predicted octanol–water partition coefficient (Wildman–Crippen LogP) is 1.91. The summed E-state index contributed by atoms with van der Waals surface area (Å²) in [6.07, 6.45) is 3.22. The summed E-state index contributed by atoms with van der Waals surface area (Å²) in [4.78, 5) is 16.4. The summed E-state index contributed by atoms with van der Waals surface area (Å²) in [6, 6.07) is 10.1. The lowest BCUT2D eigenvalue weighted by Gasteiger charge is -2.12. The summed E-state index contributed by atoms with van der Waals surface area (Å²) in [5.41, 5.74) is 2.13. The van der Waals surface area contributed by atoms with Gasteiger partial charge in [-0.3, -0.25) is 4.79 Å². The number of carbonyl (C=O) groups excluding carboxylic acids is 1. The van der Waals surface area contributed by atoms with Gasteiger partial charge in [-0.15, -0.1) is 0 Å². The number of nitrogens with two attached hydrogens (primary N) is 1. The van der Waals surface area contributed by atoms with E-state index in [2.05, 4.69) is 29.5 Å². The molecule has 1 amide bonds. The average molecular weight is 376 g/mol. The van der Waals surface area contributed by atoms with Crippen LogP contribution in [-0.2, 0) is 16.4 Å². The fraction of sp³-hybridized carbons (Fsp3) is 0.333. The number of hydrogen-bond acceptors (Lipinski definition) is 5. The molecule has 1 unspecified atom stereocenters. The van der Waals surface area contributed by atoms with Crippen molar-refractivity contribution in [3.63, 3.8) is 0 Å². The predicted molar refractivity (Wildman–Crippen MR) is 101 cm³/mol. The van der Waals surface area contributed by atoms with Crippen molar-refractivity contribution in [2.45, 2.75) is 37.6 Å². The summed E-state index contributed by atoms with van der Waals surface area (Å²) in [5, 5.41) is 11.2. The monoisotopic (exact) mass is 376 g/mol. The minimum absolute atomic E-state index is 0.0700. The number of anilines is 1. The maximum Gasteiger partial charge on any atom is 0.269 e. The van der Waals surface area contributed by atoms with Crippen molar-refractivity contribution in [3.05, 3.63) is 53.9 Å². The van der Waals surface area contributed by atoms with Gasteiger partial charge in [-0.05, 0) is 49.6 Å². The molecule has 0 bridgehead atoms. The molecule has 8 heteroatoms. The molecule has 4 N–H and O–H groups in total. The standard InChI is InChI=1S/C18H24N4O3S/c1-3-13(2)22-15-6-9-17(21-12-15)18(23)20-11-10-14-4-7-16(8-5-14)26(19,24)25/h4-9,12-13,22H,3,10-11H2,1-2H3,(H,20,23)(H2,19,24,25). The first kappa shape index (κ1) is 19.9. The number of hydrogen-bond donors (Lipinski definition) is 3. The average Bonchev–Trinajstić information content (AvgIpc) is 2.61. The van der Waals surface area contributed by atoms with E-state index in [0.29, 0.717) is 24.7 Å². The first-order valence-corrected chi connectivity index (χ1v) is 9.96. The van der Waals surface area contributed by atoms with E-state index in [1.807, 2.05) is 6.07 Å². The minimum Gasteiger partial charge on any atom is -0.381 e. The third-order valence-corrected chi connectivity index (χ3v) is 4.90. The zero-order valence-corrected chi connectivity index (χ0v) is 15.7. The number of nitrogens with zero attached hydrogens (tertiary/aromatic N) is 1. The van der Waals surface area contributed by atoms with E-state index >= 15 is 0 Å². The molecule has 2 aromatic rings. The quantitative estimate of drug-likeness (QED) is 0.651. The van der Waals surface area contributed by atoms with Crippen molar-refractivity contribution in [1.29, 1.82) is 0 Å². The zero-order valence-electron chi connectivity index (χ0n) is 14.9. The van der Waals surface area contributed by atoms with E-state index in [9.17, 15) is 13.2 Å². The fourth-order valence-electron chi connectivity index (χ4n) is 2.26. The van der Waals surface area contributed by atoms with Gasteiger partial charge in [0.05, 0.1) is 16.8 Å². The van der Waals surface area contributed by atoms with Crippen LogP contribution in [0.25, 0.3) is 0 Å². The van der Waals surface area contributed by atoms with Crippen LogP contribution in [0.4, 0.5) is 5.69 Å². The van der Waals surface area contributed by atoms with Crippen LogP contribution in [0.1, 0.15) is 36.3 Å². The van der Waals surface area contributed by atoms with Gasteiger partial charge in [-0.1, -0.05) is 19.1 Å². The molecule has 0 saturated heterocycles. The van der Waals surface area contributed by atoms with E-state index in [1.54, 1.807) is 24.4 Å². The summed E-state index contributed by atoms with van der Waals surface area (Å²) in [5.74, 6) is -0.249. The Labute approximate surface area is 154 Å². The van der Waals surface area contributed by atoms with E-state index in [-0.39, 0.29) is 10.8 Å². The zero-order chi connectivity index (χ0) is 19.2. The molecule has 2 rings (SSSR count). The third-order valence-electron chi connectivity index (χ3n) is 3.97.